The molecule has 2 heteroatoms. The van der Waals surface area contributed by atoms with Gasteiger partial charge in [0.15, 0.2) is 0 Å². The van der Waals surface area contributed by atoms with Gasteiger partial charge in [-0.1, -0.05) is 0 Å². The molecule has 7 heavy (non-hydrogen) atoms. The van der Waals surface area contributed by atoms with Crippen LogP contribution in [0.1, 0.15) is 14.2 Å². The molecule has 0 aromatic heterocycles. The van der Waals surface area contributed by atoms with Crippen molar-refractivity contribution in [2.45, 2.75) is 18.9 Å². The average Bonchev–Trinajstić information content (AvgIpc) is 1.64. The van der Waals surface area contributed by atoms with Crippen molar-refractivity contribution >= 4 is 0 Å². The van der Waals surface area contributed by atoms with E-state index in [1.54, 1.807) is 0 Å². The van der Waals surface area contributed by atoms with E-state index >= 15 is 0 Å². The van der Waals surface area contributed by atoms with E-state index in [0.29, 0.717) is 13.0 Å². The van der Waals surface area contributed by atoms with E-state index in [1.807, 2.05) is 0 Å². The van der Waals surface area contributed by atoms with Crippen LogP contribution in [0.2, 0.25) is 0 Å². The Labute approximate surface area is 44.9 Å². The highest BCUT2D eigenvalue weighted by Crippen LogP contribution is 1.98. The standard InChI is InChI=1S/C5H11NO/c7-5-2-1-3-6-4-5/h5-7H,1-4H2/i1D. The Kier molecular flexibility index (Phi) is 1.26. The van der Waals surface area contributed by atoms with E-state index in [-0.39, 0.29) is 12.5 Å². The van der Waals surface area contributed by atoms with Gasteiger partial charge in [0.25, 0.3) is 0 Å². The van der Waals surface area contributed by atoms with Gasteiger partial charge in [-0.15, -0.1) is 0 Å². The zero-order chi connectivity index (χ0) is 5.98. The van der Waals surface area contributed by atoms with E-state index in [1.165, 1.54) is 0 Å². The van der Waals surface area contributed by atoms with Crippen molar-refractivity contribution < 1.29 is 6.48 Å². The smallest absolute Gasteiger partial charge is 0.0665 e. The van der Waals surface area contributed by atoms with E-state index < -0.39 is 0 Å². The molecule has 1 heterocycles. The number of hydrogen-bond donors (Lipinski definition) is 2. The molecule has 0 aromatic rings. The summed E-state index contributed by atoms with van der Waals surface area (Å²) in [6.07, 6.45) is 0.248. The van der Waals surface area contributed by atoms with Crippen molar-refractivity contribution in [3.05, 3.63) is 0 Å². The van der Waals surface area contributed by atoms with E-state index in [9.17, 15) is 0 Å². The van der Waals surface area contributed by atoms with Gasteiger partial charge in [0, 0.05) is 7.92 Å². The van der Waals surface area contributed by atoms with Gasteiger partial charge in [-0.2, -0.15) is 0 Å². The summed E-state index contributed by atoms with van der Waals surface area (Å²) in [7, 11) is 0. The largest absolute Gasteiger partial charge is 0.392 e. The third kappa shape index (κ3) is 1.45. The van der Waals surface area contributed by atoms with Crippen molar-refractivity contribution in [1.29, 1.82) is 0 Å². The van der Waals surface area contributed by atoms with Crippen LogP contribution >= 0.6 is 0 Å². The van der Waals surface area contributed by atoms with Gasteiger partial charge in [-0.05, 0) is 19.4 Å². The topological polar surface area (TPSA) is 32.3 Å². The van der Waals surface area contributed by atoms with Crippen LogP contribution in [-0.2, 0) is 0 Å². The predicted molar refractivity (Wildman–Crippen MR) is 28.1 cm³/mol. The lowest BCUT2D eigenvalue weighted by Gasteiger charge is -2.16. The summed E-state index contributed by atoms with van der Waals surface area (Å²) in [5.74, 6) is 0. The minimum absolute atomic E-state index is 0.0984. The lowest BCUT2D eigenvalue weighted by Crippen LogP contribution is -2.33. The molecule has 2 unspecified atom stereocenters. The highest BCUT2D eigenvalue weighted by Gasteiger charge is 2.06. The molecule has 0 amide bonds. The van der Waals surface area contributed by atoms with Crippen LogP contribution in [0.5, 0.6) is 0 Å². The first-order chi connectivity index (χ1) is 3.79. The second kappa shape index (κ2) is 2.28. The second-order valence-corrected chi connectivity index (χ2v) is 1.84. The number of aliphatic hydroxyl groups excluding tert-OH is 1. The van der Waals surface area contributed by atoms with Crippen LogP contribution in [0.3, 0.4) is 0 Å². The molecule has 0 spiro atoms. The van der Waals surface area contributed by atoms with Gasteiger partial charge >= 0.3 is 0 Å². The van der Waals surface area contributed by atoms with Gasteiger partial charge in [-0.25, -0.2) is 0 Å². The average molecular weight is 102 g/mol. The number of piperidine rings is 1. The first kappa shape index (κ1) is 3.87. The van der Waals surface area contributed by atoms with Crippen LogP contribution in [0.4, 0.5) is 0 Å². The molecular formula is C5H11NO. The Balaban J connectivity index is 2.23. The van der Waals surface area contributed by atoms with Gasteiger partial charge in [0.05, 0.1) is 6.10 Å². The fourth-order valence-electron chi connectivity index (χ4n) is 0.711. The zero-order valence-electron chi connectivity index (χ0n) is 5.22. The Hall–Kier alpha value is -0.0800. The Morgan fingerprint density at radius 1 is 1.86 bits per heavy atom. The molecule has 0 bridgehead atoms. The van der Waals surface area contributed by atoms with E-state index in [2.05, 4.69) is 5.32 Å². The SMILES string of the molecule is [2H]C1CNCC(O)C1. The molecule has 1 aliphatic heterocycles. The maximum atomic E-state index is 8.90. The quantitative estimate of drug-likeness (QED) is 0.441. The summed E-state index contributed by atoms with van der Waals surface area (Å²) in [4.78, 5) is 0. The normalized spacial score (nSPS) is 45.6. The maximum Gasteiger partial charge on any atom is 0.0665 e. The highest BCUT2D eigenvalue weighted by atomic mass is 16.3. The minimum Gasteiger partial charge on any atom is -0.392 e. The number of aliphatic hydroxyl groups is 1. The molecule has 0 saturated carbocycles. The Bertz CT molecular complexity index is 70.8. The molecule has 0 aromatic carbocycles. The number of nitrogens with one attached hydrogen (secondary N) is 1. The van der Waals surface area contributed by atoms with Crippen LogP contribution in [0.25, 0.3) is 0 Å². The molecule has 2 N–H and O–H groups in total. The molecule has 1 aliphatic rings. The summed E-state index contributed by atoms with van der Waals surface area (Å²) < 4.78 is 7.18. The molecule has 0 radical (unpaired) electrons. The summed E-state index contributed by atoms with van der Waals surface area (Å²) in [5, 5.41) is 11.8. The van der Waals surface area contributed by atoms with Gasteiger partial charge in [-0.3, -0.25) is 0 Å². The number of β-amino-alcohol motifs (C(OH)–C–C–N with tert-alkyl or cyclic N) is 1. The van der Waals surface area contributed by atoms with Crippen LogP contribution in [0, 0.1) is 0 Å². The van der Waals surface area contributed by atoms with Gasteiger partial charge < -0.3 is 10.4 Å². The second-order valence-electron chi connectivity index (χ2n) is 1.84. The Morgan fingerprint density at radius 2 is 2.71 bits per heavy atom. The highest BCUT2D eigenvalue weighted by molar-refractivity contribution is 4.65. The van der Waals surface area contributed by atoms with E-state index in [0.717, 1.165) is 6.54 Å². The van der Waals surface area contributed by atoms with Crippen LogP contribution in [0.15, 0.2) is 0 Å². The summed E-state index contributed by atoms with van der Waals surface area (Å²) in [5.41, 5.74) is 0. The van der Waals surface area contributed by atoms with Crippen molar-refractivity contribution in [2.24, 2.45) is 0 Å². The molecule has 1 saturated heterocycles. The lowest BCUT2D eigenvalue weighted by molar-refractivity contribution is 0.142. The summed E-state index contributed by atoms with van der Waals surface area (Å²) in [6.45, 7) is 1.40. The van der Waals surface area contributed by atoms with Crippen molar-refractivity contribution in [2.75, 3.05) is 13.1 Å². The third-order valence-corrected chi connectivity index (χ3v) is 1.11. The summed E-state index contributed by atoms with van der Waals surface area (Å²) >= 11 is 0. The van der Waals surface area contributed by atoms with Crippen molar-refractivity contribution in [3.8, 4) is 0 Å². The molecular weight excluding hydrogens is 90.1 g/mol. The first-order valence-corrected chi connectivity index (χ1v) is 2.60. The van der Waals surface area contributed by atoms with Crippen molar-refractivity contribution in [1.82, 2.24) is 5.32 Å². The van der Waals surface area contributed by atoms with Gasteiger partial charge in [0.2, 0.25) is 0 Å². The van der Waals surface area contributed by atoms with E-state index in [4.69, 9.17) is 6.48 Å². The predicted octanol–water partition coefficient (Wildman–Crippen LogP) is -0.269. The fourth-order valence-corrected chi connectivity index (χ4v) is 0.711. The van der Waals surface area contributed by atoms with Crippen LogP contribution in [-0.4, -0.2) is 24.3 Å². The fraction of sp³-hybridized carbons (Fsp3) is 1.00. The van der Waals surface area contributed by atoms with Crippen molar-refractivity contribution in [3.63, 3.8) is 0 Å². The molecule has 2 atom stereocenters. The number of rotatable bonds is 0. The molecule has 0 aliphatic carbocycles. The minimum atomic E-state index is -0.286. The van der Waals surface area contributed by atoms with Crippen LogP contribution < -0.4 is 5.32 Å². The van der Waals surface area contributed by atoms with Gasteiger partial charge in [0.1, 0.15) is 0 Å². The third-order valence-electron chi connectivity index (χ3n) is 1.11. The zero-order valence-corrected chi connectivity index (χ0v) is 4.22. The molecule has 42 valence electrons. The maximum absolute atomic E-state index is 8.90. The first-order valence-electron chi connectivity index (χ1n) is 3.18. The number of hydrogen-bond acceptors (Lipinski definition) is 2. The molecule has 1 fully saturated rings. The summed E-state index contributed by atoms with van der Waals surface area (Å²) in [6, 6.07) is 0. The lowest BCUT2D eigenvalue weighted by atomic mass is 10.1. The Morgan fingerprint density at radius 3 is 3.14 bits per heavy atom. The monoisotopic (exact) mass is 102 g/mol. The molecule has 1 rings (SSSR count). The molecule has 2 nitrogen and oxygen atoms in total.